The molecule has 5 nitrogen and oxygen atoms in total. The summed E-state index contributed by atoms with van der Waals surface area (Å²) in [6.07, 6.45) is -9.71. The van der Waals surface area contributed by atoms with Crippen LogP contribution in [-0.4, -0.2) is 16.1 Å². The van der Waals surface area contributed by atoms with Crippen molar-refractivity contribution >= 4 is 40.6 Å². The van der Waals surface area contributed by atoms with Crippen molar-refractivity contribution in [2.24, 2.45) is 0 Å². The number of nitrogens with zero attached hydrogens (tertiary/aromatic N) is 1. The number of carbonyl (C=O) groups excluding carboxylic acids is 1. The fraction of sp³-hybridized carbons (Fsp3) is 0.235. The first-order chi connectivity index (χ1) is 13.7. The Morgan fingerprint density at radius 1 is 1.07 bits per heavy atom. The number of nitro benzene ring substituents is 1. The van der Waals surface area contributed by atoms with E-state index in [1.807, 2.05) is 5.32 Å². The van der Waals surface area contributed by atoms with Crippen molar-refractivity contribution in [1.29, 1.82) is 0 Å². The molecule has 0 fully saturated rings. The maximum Gasteiger partial charge on any atom is 0.418 e. The first-order valence-electron chi connectivity index (χ1n) is 7.90. The van der Waals surface area contributed by atoms with Gasteiger partial charge in [-0.05, 0) is 31.2 Å². The molecule has 1 N–H and O–H groups in total. The van der Waals surface area contributed by atoms with E-state index in [0.717, 1.165) is 24.3 Å². The lowest BCUT2D eigenvalue weighted by Crippen LogP contribution is -2.24. The highest BCUT2D eigenvalue weighted by atomic mass is 35.5. The Balaban J connectivity index is 2.24. The molecule has 0 heterocycles. The monoisotopic (exact) mass is 472 g/mol. The van der Waals surface area contributed by atoms with E-state index in [-0.39, 0.29) is 11.0 Å². The van der Waals surface area contributed by atoms with Crippen LogP contribution in [0.5, 0.6) is 0 Å². The molecule has 162 valence electrons. The fourth-order valence-corrected chi connectivity index (χ4v) is 3.41. The van der Waals surface area contributed by atoms with Crippen LogP contribution in [0.25, 0.3) is 0 Å². The molecule has 0 aliphatic carbocycles. The molecule has 0 spiro atoms. The third kappa shape index (κ3) is 5.79. The second kappa shape index (κ2) is 8.72. The fourth-order valence-electron chi connectivity index (χ4n) is 2.28. The smallest absolute Gasteiger partial charge is 0.325 e. The molecule has 0 bridgehead atoms. The molecule has 2 aromatic carbocycles. The normalized spacial score (nSPS) is 13.1. The predicted octanol–water partition coefficient (Wildman–Crippen LogP) is 6.41. The van der Waals surface area contributed by atoms with E-state index >= 15 is 0 Å². The number of hydrogen-bond acceptors (Lipinski definition) is 4. The number of benzene rings is 2. The Morgan fingerprint density at radius 3 is 2.20 bits per heavy atom. The van der Waals surface area contributed by atoms with E-state index in [2.05, 4.69) is 0 Å². The van der Waals surface area contributed by atoms with E-state index in [1.165, 1.54) is 13.0 Å². The van der Waals surface area contributed by atoms with Crippen LogP contribution < -0.4 is 5.32 Å². The molecule has 0 saturated carbocycles. The molecule has 0 radical (unpaired) electrons. The van der Waals surface area contributed by atoms with Gasteiger partial charge in [0.25, 0.3) is 5.69 Å². The molecule has 1 atom stereocenters. The number of hydrogen-bond donors (Lipinski definition) is 1. The third-order valence-electron chi connectivity index (χ3n) is 3.70. The number of halogens is 7. The van der Waals surface area contributed by atoms with Crippen molar-refractivity contribution in [3.05, 3.63) is 62.7 Å². The number of rotatable bonds is 5. The minimum absolute atomic E-state index is 0.0223. The molecule has 0 aliphatic heterocycles. The second-order valence-corrected chi connectivity index (χ2v) is 7.69. The second-order valence-electron chi connectivity index (χ2n) is 5.87. The molecule has 0 saturated heterocycles. The van der Waals surface area contributed by atoms with Gasteiger partial charge in [-0.1, -0.05) is 11.6 Å². The molecule has 2 rings (SSSR count). The molecule has 13 heteroatoms. The zero-order valence-corrected chi connectivity index (χ0v) is 16.3. The molecule has 0 aromatic heterocycles. The third-order valence-corrected chi connectivity index (χ3v) is 5.13. The molecular weight excluding hydrogens is 462 g/mol. The van der Waals surface area contributed by atoms with Gasteiger partial charge in [-0.25, -0.2) is 0 Å². The summed E-state index contributed by atoms with van der Waals surface area (Å²) in [7, 11) is 0. The Bertz CT molecular complexity index is 981. The van der Waals surface area contributed by atoms with Gasteiger partial charge in [0.1, 0.15) is 0 Å². The van der Waals surface area contributed by atoms with Crippen LogP contribution in [-0.2, 0) is 17.1 Å². The summed E-state index contributed by atoms with van der Waals surface area (Å²) in [5.74, 6) is -0.942. The van der Waals surface area contributed by atoms with Crippen LogP contribution in [0.3, 0.4) is 0 Å². The van der Waals surface area contributed by atoms with Crippen molar-refractivity contribution in [2.75, 3.05) is 5.32 Å². The zero-order chi connectivity index (χ0) is 22.9. The van der Waals surface area contributed by atoms with Crippen LogP contribution in [0.2, 0.25) is 5.02 Å². The highest BCUT2D eigenvalue weighted by Gasteiger charge is 2.36. The lowest BCUT2D eigenvalue weighted by Gasteiger charge is -2.17. The van der Waals surface area contributed by atoms with Gasteiger partial charge in [0.2, 0.25) is 5.91 Å². The van der Waals surface area contributed by atoms with E-state index < -0.39 is 56.0 Å². The lowest BCUT2D eigenvalue weighted by molar-refractivity contribution is -0.385. The minimum atomic E-state index is -4.98. The molecule has 1 amide bonds. The highest BCUT2D eigenvalue weighted by molar-refractivity contribution is 8.00. The number of nitro groups is 1. The molecule has 2 aromatic rings. The van der Waals surface area contributed by atoms with E-state index in [4.69, 9.17) is 11.6 Å². The van der Waals surface area contributed by atoms with E-state index in [0.29, 0.717) is 11.8 Å². The van der Waals surface area contributed by atoms with Gasteiger partial charge in [0.05, 0.1) is 32.0 Å². The summed E-state index contributed by atoms with van der Waals surface area (Å²) in [4.78, 5) is 22.0. The van der Waals surface area contributed by atoms with Gasteiger partial charge in [-0.2, -0.15) is 26.3 Å². The maximum absolute atomic E-state index is 13.2. The molecule has 0 aliphatic rings. The van der Waals surface area contributed by atoms with Crippen LogP contribution in [0.15, 0.2) is 41.3 Å². The summed E-state index contributed by atoms with van der Waals surface area (Å²) in [6, 6.07) is 4.76. The van der Waals surface area contributed by atoms with Gasteiger partial charge in [-0.3, -0.25) is 14.9 Å². The first-order valence-corrected chi connectivity index (χ1v) is 9.16. The number of nitrogens with one attached hydrogen (secondary N) is 1. The quantitative estimate of drug-likeness (QED) is 0.236. The maximum atomic E-state index is 13.2. The first kappa shape index (κ1) is 23.8. The van der Waals surface area contributed by atoms with Crippen molar-refractivity contribution in [2.45, 2.75) is 29.4 Å². The van der Waals surface area contributed by atoms with Crippen molar-refractivity contribution < 1.29 is 36.1 Å². The predicted molar refractivity (Wildman–Crippen MR) is 98.5 cm³/mol. The summed E-state index contributed by atoms with van der Waals surface area (Å²) < 4.78 is 78.3. The summed E-state index contributed by atoms with van der Waals surface area (Å²) in [5.41, 5.74) is -4.06. The highest BCUT2D eigenvalue weighted by Crippen LogP contribution is 2.39. The van der Waals surface area contributed by atoms with Crippen LogP contribution in [0.4, 0.5) is 37.7 Å². The Hall–Kier alpha value is -2.47. The molecular formula is C17H11ClF6N2O3S. The minimum Gasteiger partial charge on any atom is -0.325 e. The SMILES string of the molecule is C[C@@H](Sc1ccc(Cl)c(C(F)(F)F)c1)C(=O)Nc1ccc([N+](=O)[O-])cc1C(F)(F)F. The van der Waals surface area contributed by atoms with Crippen LogP contribution >= 0.6 is 23.4 Å². The number of anilines is 1. The number of amides is 1. The summed E-state index contributed by atoms with van der Waals surface area (Å²) in [5, 5.41) is 11.1. The van der Waals surface area contributed by atoms with Gasteiger partial charge >= 0.3 is 12.4 Å². The number of alkyl halides is 6. The zero-order valence-electron chi connectivity index (χ0n) is 14.8. The average molecular weight is 473 g/mol. The lowest BCUT2D eigenvalue weighted by atomic mass is 10.1. The number of thioether (sulfide) groups is 1. The van der Waals surface area contributed by atoms with Gasteiger partial charge in [-0.15, -0.1) is 11.8 Å². The van der Waals surface area contributed by atoms with Crippen molar-refractivity contribution in [3.63, 3.8) is 0 Å². The number of non-ortho nitro benzene ring substituents is 1. The Kier molecular flexibility index (Phi) is 6.92. The van der Waals surface area contributed by atoms with Crippen LogP contribution in [0, 0.1) is 10.1 Å². The standard InChI is InChI=1S/C17H11ClF6N2O3S/c1-8(30-10-3-4-13(18)11(7-10)16(19,20)21)15(27)25-14-5-2-9(26(28)29)6-12(14)17(22,23)24/h2-8H,1H3,(H,25,27)/t8-/m1/s1. The summed E-state index contributed by atoms with van der Waals surface area (Å²) in [6.45, 7) is 1.28. The Morgan fingerprint density at radius 2 is 1.67 bits per heavy atom. The van der Waals surface area contributed by atoms with Gasteiger partial charge < -0.3 is 5.32 Å². The number of carbonyl (C=O) groups is 1. The summed E-state index contributed by atoms with van der Waals surface area (Å²) >= 11 is 6.19. The van der Waals surface area contributed by atoms with Crippen LogP contribution in [0.1, 0.15) is 18.1 Å². The average Bonchev–Trinajstić information content (AvgIpc) is 2.61. The molecule has 30 heavy (non-hydrogen) atoms. The largest absolute Gasteiger partial charge is 0.418 e. The Labute approximate surface area is 174 Å². The van der Waals surface area contributed by atoms with E-state index in [1.54, 1.807) is 0 Å². The van der Waals surface area contributed by atoms with Crippen molar-refractivity contribution in [1.82, 2.24) is 0 Å². The van der Waals surface area contributed by atoms with Crippen molar-refractivity contribution in [3.8, 4) is 0 Å². The van der Waals surface area contributed by atoms with Gasteiger partial charge in [0, 0.05) is 17.0 Å². The van der Waals surface area contributed by atoms with Gasteiger partial charge in [0.15, 0.2) is 0 Å². The molecule has 0 unspecified atom stereocenters. The van der Waals surface area contributed by atoms with E-state index in [9.17, 15) is 41.3 Å². The topological polar surface area (TPSA) is 72.2 Å².